The van der Waals surface area contributed by atoms with E-state index in [1.807, 2.05) is 0 Å². The number of hydrogen-bond donors (Lipinski definition) is 0. The molecule has 1 aromatic heterocycles. The summed E-state index contributed by atoms with van der Waals surface area (Å²) < 4.78 is 30.1. The molecule has 14 heavy (non-hydrogen) atoms. The number of alkyl halides is 3. The number of nitrogens with zero attached hydrogens (tertiary/aromatic N) is 1. The molecule has 0 aliphatic rings. The van der Waals surface area contributed by atoms with Crippen molar-refractivity contribution < 1.29 is 13.5 Å². The molecule has 1 rings (SSSR count). The van der Waals surface area contributed by atoms with E-state index >= 15 is 0 Å². The lowest BCUT2D eigenvalue weighted by Gasteiger charge is -2.10. The highest BCUT2D eigenvalue weighted by Crippen LogP contribution is 2.36. The summed E-state index contributed by atoms with van der Waals surface area (Å²) in [6.07, 6.45) is -1.23. The Morgan fingerprint density at radius 1 is 1.57 bits per heavy atom. The molecule has 0 aliphatic carbocycles. The quantitative estimate of drug-likeness (QED) is 0.789. The van der Waals surface area contributed by atoms with E-state index in [-0.39, 0.29) is 10.2 Å². The summed E-state index contributed by atoms with van der Waals surface area (Å²) in [4.78, 5) is 3.65. The minimum Gasteiger partial charge on any atom is -0.495 e. The molecule has 0 atom stereocenters. The van der Waals surface area contributed by atoms with E-state index < -0.39 is 6.43 Å². The van der Waals surface area contributed by atoms with E-state index in [9.17, 15) is 8.78 Å². The van der Waals surface area contributed by atoms with Crippen LogP contribution in [-0.4, -0.2) is 12.1 Å². The van der Waals surface area contributed by atoms with Crippen LogP contribution in [0.5, 0.6) is 5.75 Å². The highest BCUT2D eigenvalue weighted by Gasteiger charge is 2.19. The lowest BCUT2D eigenvalue weighted by molar-refractivity contribution is 0.144. The summed E-state index contributed by atoms with van der Waals surface area (Å²) >= 11 is 6.26. The molecule has 0 unspecified atom stereocenters. The van der Waals surface area contributed by atoms with Gasteiger partial charge in [-0.15, -0.1) is 0 Å². The van der Waals surface area contributed by atoms with Crippen molar-refractivity contribution in [2.45, 2.75) is 11.8 Å². The van der Waals surface area contributed by atoms with Crippen LogP contribution in [0.4, 0.5) is 8.78 Å². The Hall–Kier alpha value is -0.230. The fraction of sp³-hybridized carbons (Fsp3) is 0.375. The Kier molecular flexibility index (Phi) is 4.25. The van der Waals surface area contributed by atoms with E-state index in [0.29, 0.717) is 11.1 Å². The van der Waals surface area contributed by atoms with E-state index in [2.05, 4.69) is 36.8 Å². The van der Waals surface area contributed by atoms with Gasteiger partial charge in [-0.3, -0.25) is 4.98 Å². The second-order valence-electron chi connectivity index (χ2n) is 2.45. The lowest BCUT2D eigenvalue weighted by Crippen LogP contribution is -1.98. The first kappa shape index (κ1) is 11.8. The molecule has 0 saturated heterocycles. The molecule has 0 fully saturated rings. The van der Waals surface area contributed by atoms with Gasteiger partial charge in [-0.05, 0) is 15.9 Å². The van der Waals surface area contributed by atoms with Gasteiger partial charge in [0.05, 0.1) is 11.6 Å². The smallest absolute Gasteiger partial charge is 0.281 e. The standard InChI is InChI=1S/C8H7Br2F2NO/c1-14-7-4(2-9)3-13-6(5(7)10)8(11)12/h3,8H,2H2,1H3. The van der Waals surface area contributed by atoms with Gasteiger partial charge in [-0.1, -0.05) is 15.9 Å². The van der Waals surface area contributed by atoms with Crippen molar-refractivity contribution in [3.63, 3.8) is 0 Å². The largest absolute Gasteiger partial charge is 0.495 e. The van der Waals surface area contributed by atoms with Crippen molar-refractivity contribution in [1.29, 1.82) is 0 Å². The Balaban J connectivity index is 3.27. The third kappa shape index (κ3) is 2.23. The zero-order valence-electron chi connectivity index (χ0n) is 7.23. The summed E-state index contributed by atoms with van der Waals surface area (Å²) in [7, 11) is 1.43. The fourth-order valence-corrected chi connectivity index (χ4v) is 2.08. The van der Waals surface area contributed by atoms with Crippen LogP contribution in [0.3, 0.4) is 0 Å². The van der Waals surface area contributed by atoms with Crippen LogP contribution in [0.1, 0.15) is 17.7 Å². The lowest BCUT2D eigenvalue weighted by atomic mass is 10.2. The molecular formula is C8H7Br2F2NO. The first-order valence-electron chi connectivity index (χ1n) is 3.67. The second kappa shape index (κ2) is 5.02. The minimum absolute atomic E-state index is 0.215. The van der Waals surface area contributed by atoms with Crippen LogP contribution in [-0.2, 0) is 5.33 Å². The van der Waals surface area contributed by atoms with Gasteiger partial charge < -0.3 is 4.74 Å². The van der Waals surface area contributed by atoms with Gasteiger partial charge in [0, 0.05) is 17.1 Å². The molecule has 2 nitrogen and oxygen atoms in total. The molecule has 1 heterocycles. The van der Waals surface area contributed by atoms with Crippen molar-refractivity contribution in [2.75, 3.05) is 7.11 Å². The molecule has 0 bridgehead atoms. The van der Waals surface area contributed by atoms with Crippen molar-refractivity contribution >= 4 is 31.9 Å². The molecular weight excluding hydrogens is 324 g/mol. The maximum atomic E-state index is 12.4. The predicted octanol–water partition coefficient (Wildman–Crippen LogP) is 3.69. The molecule has 0 aromatic carbocycles. The topological polar surface area (TPSA) is 22.1 Å². The summed E-state index contributed by atoms with van der Waals surface area (Å²) in [6, 6.07) is 0. The first-order chi connectivity index (χ1) is 6.61. The van der Waals surface area contributed by atoms with Gasteiger partial charge >= 0.3 is 0 Å². The number of rotatable bonds is 3. The number of pyridine rings is 1. The molecule has 0 amide bonds. The third-order valence-corrected chi connectivity index (χ3v) is 3.00. The van der Waals surface area contributed by atoms with Crippen molar-refractivity contribution in [3.8, 4) is 5.75 Å². The van der Waals surface area contributed by atoms with E-state index in [0.717, 1.165) is 5.56 Å². The average molecular weight is 331 g/mol. The Morgan fingerprint density at radius 2 is 2.21 bits per heavy atom. The van der Waals surface area contributed by atoms with Crippen LogP contribution < -0.4 is 4.74 Å². The van der Waals surface area contributed by atoms with Crippen LogP contribution in [0.15, 0.2) is 10.7 Å². The van der Waals surface area contributed by atoms with Gasteiger partial charge in [0.25, 0.3) is 6.43 Å². The first-order valence-corrected chi connectivity index (χ1v) is 5.58. The normalized spacial score (nSPS) is 10.7. The summed E-state index contributed by atoms with van der Waals surface area (Å²) in [5, 5.41) is 0.505. The average Bonchev–Trinajstić information content (AvgIpc) is 2.16. The zero-order valence-corrected chi connectivity index (χ0v) is 10.4. The maximum absolute atomic E-state index is 12.4. The van der Waals surface area contributed by atoms with Crippen LogP contribution >= 0.6 is 31.9 Å². The monoisotopic (exact) mass is 329 g/mol. The molecule has 0 radical (unpaired) electrons. The minimum atomic E-state index is -2.61. The number of ether oxygens (including phenoxy) is 1. The molecule has 0 N–H and O–H groups in total. The highest BCUT2D eigenvalue weighted by molar-refractivity contribution is 9.10. The summed E-state index contributed by atoms with van der Waals surface area (Å²) in [6.45, 7) is 0. The Labute approximate surface area is 96.9 Å². The number of halogens is 4. The zero-order chi connectivity index (χ0) is 10.7. The Bertz CT molecular complexity index is 333. The summed E-state index contributed by atoms with van der Waals surface area (Å²) in [5.41, 5.74) is 0.426. The fourth-order valence-electron chi connectivity index (χ4n) is 0.988. The van der Waals surface area contributed by atoms with Crippen molar-refractivity contribution in [3.05, 3.63) is 21.9 Å². The molecule has 0 saturated carbocycles. The van der Waals surface area contributed by atoms with Gasteiger partial charge in [0.2, 0.25) is 0 Å². The molecule has 0 spiro atoms. The second-order valence-corrected chi connectivity index (χ2v) is 3.80. The van der Waals surface area contributed by atoms with Crippen LogP contribution in [0.2, 0.25) is 0 Å². The molecule has 78 valence electrons. The number of aromatic nitrogens is 1. The molecule has 0 aliphatic heterocycles. The van der Waals surface area contributed by atoms with E-state index in [1.54, 1.807) is 0 Å². The maximum Gasteiger partial charge on any atom is 0.281 e. The van der Waals surface area contributed by atoms with Gasteiger partial charge in [-0.25, -0.2) is 8.78 Å². The number of hydrogen-bond acceptors (Lipinski definition) is 2. The molecule has 1 aromatic rings. The highest BCUT2D eigenvalue weighted by atomic mass is 79.9. The van der Waals surface area contributed by atoms with E-state index in [4.69, 9.17) is 4.74 Å². The van der Waals surface area contributed by atoms with Gasteiger partial charge in [0.1, 0.15) is 11.4 Å². The van der Waals surface area contributed by atoms with Gasteiger partial charge in [-0.2, -0.15) is 0 Å². The van der Waals surface area contributed by atoms with Gasteiger partial charge in [0.15, 0.2) is 0 Å². The predicted molar refractivity (Wildman–Crippen MR) is 56.1 cm³/mol. The van der Waals surface area contributed by atoms with E-state index in [1.165, 1.54) is 13.3 Å². The van der Waals surface area contributed by atoms with Crippen LogP contribution in [0.25, 0.3) is 0 Å². The number of methoxy groups -OCH3 is 1. The van der Waals surface area contributed by atoms with Crippen LogP contribution in [0, 0.1) is 0 Å². The SMILES string of the molecule is COc1c(CBr)cnc(C(F)F)c1Br. The third-order valence-electron chi connectivity index (χ3n) is 1.63. The molecule has 6 heteroatoms. The van der Waals surface area contributed by atoms with Crippen molar-refractivity contribution in [1.82, 2.24) is 4.98 Å². The summed E-state index contributed by atoms with van der Waals surface area (Å²) in [5.74, 6) is 0.396. The van der Waals surface area contributed by atoms with Crippen molar-refractivity contribution in [2.24, 2.45) is 0 Å². The Morgan fingerprint density at radius 3 is 2.64 bits per heavy atom.